The standard InChI is InChI=1S/C16H19ClN2S/c1-4-5-15-18-14(17)10-16(19-15)20-13-8-6-12(7-9-13)11(2)3/h6-11H,4-5H2,1-3H3. The van der Waals surface area contributed by atoms with Crippen molar-refractivity contribution in [1.29, 1.82) is 0 Å². The summed E-state index contributed by atoms with van der Waals surface area (Å²) in [5.41, 5.74) is 1.35. The molecule has 1 aromatic heterocycles. The topological polar surface area (TPSA) is 25.8 Å². The van der Waals surface area contributed by atoms with Crippen LogP contribution in [0.2, 0.25) is 5.15 Å². The Hall–Kier alpha value is -1.06. The number of hydrogen-bond acceptors (Lipinski definition) is 3. The minimum absolute atomic E-state index is 0.518. The molecule has 0 fully saturated rings. The van der Waals surface area contributed by atoms with E-state index in [0.717, 1.165) is 23.7 Å². The van der Waals surface area contributed by atoms with Gasteiger partial charge in [0.25, 0.3) is 0 Å². The minimum Gasteiger partial charge on any atom is -0.226 e. The Kier molecular flexibility index (Phi) is 5.44. The third kappa shape index (κ3) is 4.22. The Bertz CT molecular complexity index is 567. The van der Waals surface area contributed by atoms with E-state index in [2.05, 4.69) is 55.0 Å². The summed E-state index contributed by atoms with van der Waals surface area (Å²) in [5.74, 6) is 1.38. The fourth-order valence-electron chi connectivity index (χ4n) is 1.87. The first-order valence-corrected chi connectivity index (χ1v) is 8.09. The highest BCUT2D eigenvalue weighted by Crippen LogP contribution is 2.28. The van der Waals surface area contributed by atoms with Crippen LogP contribution in [0.1, 0.15) is 44.5 Å². The van der Waals surface area contributed by atoms with Gasteiger partial charge in [0.1, 0.15) is 16.0 Å². The molecule has 0 N–H and O–H groups in total. The number of benzene rings is 1. The van der Waals surface area contributed by atoms with Crippen LogP contribution in [0.5, 0.6) is 0 Å². The first-order valence-electron chi connectivity index (χ1n) is 6.89. The van der Waals surface area contributed by atoms with Gasteiger partial charge in [-0.1, -0.05) is 56.3 Å². The van der Waals surface area contributed by atoms with Gasteiger partial charge in [0.05, 0.1) is 0 Å². The number of nitrogens with zero attached hydrogens (tertiary/aromatic N) is 2. The average Bonchev–Trinajstić information content (AvgIpc) is 2.39. The van der Waals surface area contributed by atoms with Crippen molar-refractivity contribution < 1.29 is 0 Å². The predicted octanol–water partition coefficient (Wildman–Crippen LogP) is 5.36. The minimum atomic E-state index is 0.518. The first-order chi connectivity index (χ1) is 9.58. The van der Waals surface area contributed by atoms with Gasteiger partial charge in [-0.25, -0.2) is 9.97 Å². The van der Waals surface area contributed by atoms with Crippen molar-refractivity contribution in [3.8, 4) is 0 Å². The smallest absolute Gasteiger partial charge is 0.133 e. The van der Waals surface area contributed by atoms with Crippen LogP contribution in [-0.2, 0) is 6.42 Å². The summed E-state index contributed by atoms with van der Waals surface area (Å²) in [6.07, 6.45) is 1.88. The molecule has 0 aliphatic heterocycles. The van der Waals surface area contributed by atoms with E-state index in [1.165, 1.54) is 10.5 Å². The third-order valence-electron chi connectivity index (χ3n) is 2.96. The second-order valence-corrected chi connectivity index (χ2v) is 6.50. The summed E-state index contributed by atoms with van der Waals surface area (Å²) in [5, 5.41) is 1.43. The number of halogens is 1. The average molecular weight is 307 g/mol. The Morgan fingerprint density at radius 2 is 1.85 bits per heavy atom. The van der Waals surface area contributed by atoms with E-state index in [4.69, 9.17) is 11.6 Å². The molecule has 1 aromatic carbocycles. The molecule has 2 aromatic rings. The molecule has 0 aliphatic rings. The van der Waals surface area contributed by atoms with Gasteiger partial charge < -0.3 is 0 Å². The van der Waals surface area contributed by atoms with E-state index in [1.54, 1.807) is 11.8 Å². The number of aromatic nitrogens is 2. The summed E-state index contributed by atoms with van der Waals surface area (Å²) >= 11 is 7.68. The van der Waals surface area contributed by atoms with E-state index >= 15 is 0 Å². The highest BCUT2D eigenvalue weighted by Gasteiger charge is 2.06. The molecule has 20 heavy (non-hydrogen) atoms. The zero-order chi connectivity index (χ0) is 14.5. The van der Waals surface area contributed by atoms with Crippen LogP contribution in [0.3, 0.4) is 0 Å². The molecule has 0 unspecified atom stereocenters. The van der Waals surface area contributed by atoms with Crippen molar-refractivity contribution >= 4 is 23.4 Å². The number of rotatable bonds is 5. The number of hydrogen-bond donors (Lipinski definition) is 0. The van der Waals surface area contributed by atoms with Crippen LogP contribution < -0.4 is 0 Å². The van der Waals surface area contributed by atoms with Gasteiger partial charge in [0.2, 0.25) is 0 Å². The molecule has 2 nitrogen and oxygen atoms in total. The van der Waals surface area contributed by atoms with E-state index in [-0.39, 0.29) is 0 Å². The van der Waals surface area contributed by atoms with Crippen LogP contribution in [0, 0.1) is 0 Å². The van der Waals surface area contributed by atoms with Crippen molar-refractivity contribution in [2.75, 3.05) is 0 Å². The fraction of sp³-hybridized carbons (Fsp3) is 0.375. The number of aryl methyl sites for hydroxylation is 1. The Balaban J connectivity index is 2.16. The van der Waals surface area contributed by atoms with Crippen molar-refractivity contribution in [2.24, 2.45) is 0 Å². The molecule has 0 atom stereocenters. The Morgan fingerprint density at radius 1 is 1.15 bits per heavy atom. The highest BCUT2D eigenvalue weighted by atomic mass is 35.5. The molecule has 0 saturated carbocycles. The predicted molar refractivity (Wildman–Crippen MR) is 85.7 cm³/mol. The summed E-state index contributed by atoms with van der Waals surface area (Å²) in [4.78, 5) is 9.96. The van der Waals surface area contributed by atoms with Crippen LogP contribution in [0.15, 0.2) is 40.3 Å². The molecular weight excluding hydrogens is 288 g/mol. The lowest BCUT2D eigenvalue weighted by atomic mass is 10.0. The quantitative estimate of drug-likeness (QED) is 0.696. The molecule has 2 rings (SSSR count). The van der Waals surface area contributed by atoms with Crippen LogP contribution in [-0.4, -0.2) is 9.97 Å². The molecule has 0 bridgehead atoms. The van der Waals surface area contributed by atoms with Crippen molar-refractivity contribution in [1.82, 2.24) is 9.97 Å². The zero-order valence-corrected chi connectivity index (χ0v) is 13.6. The maximum absolute atomic E-state index is 6.05. The lowest BCUT2D eigenvalue weighted by Crippen LogP contribution is -1.96. The second kappa shape index (κ2) is 7.09. The first kappa shape index (κ1) is 15.3. The Labute approximate surface area is 130 Å². The van der Waals surface area contributed by atoms with E-state index in [1.807, 2.05) is 6.07 Å². The zero-order valence-electron chi connectivity index (χ0n) is 12.1. The molecule has 106 valence electrons. The molecule has 0 aliphatic carbocycles. The lowest BCUT2D eigenvalue weighted by Gasteiger charge is -2.07. The van der Waals surface area contributed by atoms with Gasteiger partial charge in [-0.15, -0.1) is 0 Å². The van der Waals surface area contributed by atoms with Gasteiger partial charge in [0.15, 0.2) is 0 Å². The molecule has 0 radical (unpaired) electrons. The largest absolute Gasteiger partial charge is 0.226 e. The van der Waals surface area contributed by atoms with Gasteiger partial charge in [-0.3, -0.25) is 0 Å². The van der Waals surface area contributed by atoms with Crippen molar-refractivity contribution in [3.05, 3.63) is 46.9 Å². The van der Waals surface area contributed by atoms with Crippen molar-refractivity contribution in [2.45, 2.75) is 49.5 Å². The molecule has 1 heterocycles. The van der Waals surface area contributed by atoms with E-state index in [0.29, 0.717) is 11.1 Å². The summed E-state index contributed by atoms with van der Waals surface area (Å²) < 4.78 is 0. The van der Waals surface area contributed by atoms with Crippen LogP contribution in [0.4, 0.5) is 0 Å². The van der Waals surface area contributed by atoms with E-state index < -0.39 is 0 Å². The molecule has 0 saturated heterocycles. The maximum atomic E-state index is 6.05. The molecule has 0 amide bonds. The second-order valence-electron chi connectivity index (χ2n) is 5.02. The molecule has 0 spiro atoms. The summed E-state index contributed by atoms with van der Waals surface area (Å²) in [6.45, 7) is 6.51. The fourth-order valence-corrected chi connectivity index (χ4v) is 2.97. The summed E-state index contributed by atoms with van der Waals surface area (Å²) in [7, 11) is 0. The van der Waals surface area contributed by atoms with E-state index in [9.17, 15) is 0 Å². The van der Waals surface area contributed by atoms with Crippen molar-refractivity contribution in [3.63, 3.8) is 0 Å². The summed E-state index contributed by atoms with van der Waals surface area (Å²) in [6, 6.07) is 10.4. The van der Waals surface area contributed by atoms with Crippen LogP contribution >= 0.6 is 23.4 Å². The molecular formula is C16H19ClN2S. The van der Waals surface area contributed by atoms with Gasteiger partial charge >= 0.3 is 0 Å². The lowest BCUT2D eigenvalue weighted by molar-refractivity contribution is 0.810. The SMILES string of the molecule is CCCc1nc(Cl)cc(Sc2ccc(C(C)C)cc2)n1. The molecule has 4 heteroatoms. The highest BCUT2D eigenvalue weighted by molar-refractivity contribution is 7.99. The van der Waals surface area contributed by atoms with Gasteiger partial charge in [0, 0.05) is 17.4 Å². The normalized spacial score (nSPS) is 11.1. The Morgan fingerprint density at radius 3 is 2.45 bits per heavy atom. The van der Waals surface area contributed by atoms with Gasteiger partial charge in [-0.05, 0) is 30.0 Å². The van der Waals surface area contributed by atoms with Gasteiger partial charge in [-0.2, -0.15) is 0 Å². The monoisotopic (exact) mass is 306 g/mol. The third-order valence-corrected chi connectivity index (χ3v) is 4.08. The maximum Gasteiger partial charge on any atom is 0.133 e. The van der Waals surface area contributed by atoms with Crippen LogP contribution in [0.25, 0.3) is 0 Å².